The van der Waals surface area contributed by atoms with Crippen LogP contribution in [0.5, 0.6) is 0 Å². The molecule has 5 rings (SSSR count). The van der Waals surface area contributed by atoms with Gasteiger partial charge in [0.15, 0.2) is 0 Å². The Bertz CT molecular complexity index is 1410. The summed E-state index contributed by atoms with van der Waals surface area (Å²) in [7, 11) is 2.02. The van der Waals surface area contributed by atoms with Crippen LogP contribution in [0.3, 0.4) is 0 Å². The van der Waals surface area contributed by atoms with Crippen molar-refractivity contribution in [1.82, 2.24) is 4.90 Å². The maximum atomic E-state index is 11.5. The Labute approximate surface area is 218 Å². The molecule has 4 heteroatoms. The number of hydrogen-bond acceptors (Lipinski definition) is 4. The average molecular weight is 492 g/mol. The van der Waals surface area contributed by atoms with Gasteiger partial charge in [0.25, 0.3) is 0 Å². The van der Waals surface area contributed by atoms with Gasteiger partial charge in [0.2, 0.25) is 0 Å². The third-order valence-corrected chi connectivity index (χ3v) is 7.25. The van der Waals surface area contributed by atoms with Crippen LogP contribution in [0.25, 0.3) is 21.5 Å². The highest BCUT2D eigenvalue weighted by Gasteiger charge is 2.30. The molecule has 0 heterocycles. The van der Waals surface area contributed by atoms with Crippen LogP contribution in [-0.4, -0.2) is 39.9 Å². The van der Waals surface area contributed by atoms with Crippen LogP contribution in [0.1, 0.15) is 34.3 Å². The first kappa shape index (κ1) is 25.1. The summed E-state index contributed by atoms with van der Waals surface area (Å²) in [6.45, 7) is 1.01. The SMILES string of the molecule is CN(Cc1c2ccccc2cc2ccccc12)C[C@@H](O)[C@@H](c1ccccc1)[C@@H](O)c1ccc(CO)cc1. The number of aliphatic hydroxyl groups excluding tert-OH is 3. The van der Waals surface area contributed by atoms with E-state index in [1.165, 1.54) is 27.1 Å². The highest BCUT2D eigenvalue weighted by atomic mass is 16.3. The first-order chi connectivity index (χ1) is 18.0. The molecule has 5 aromatic carbocycles. The molecule has 0 unspecified atom stereocenters. The lowest BCUT2D eigenvalue weighted by Gasteiger charge is -2.31. The minimum absolute atomic E-state index is 0.0469. The molecule has 0 spiro atoms. The summed E-state index contributed by atoms with van der Waals surface area (Å²) in [5, 5.41) is 37.2. The molecule has 0 aromatic heterocycles. The van der Waals surface area contributed by atoms with Gasteiger partial charge in [0, 0.05) is 19.0 Å². The quantitative estimate of drug-likeness (QED) is 0.228. The van der Waals surface area contributed by atoms with E-state index < -0.39 is 18.1 Å². The van der Waals surface area contributed by atoms with Gasteiger partial charge in [-0.15, -0.1) is 0 Å². The summed E-state index contributed by atoms with van der Waals surface area (Å²) in [6, 6.07) is 36.1. The molecular weight excluding hydrogens is 458 g/mol. The maximum Gasteiger partial charge on any atom is 0.0883 e. The second-order valence-electron chi connectivity index (χ2n) is 9.84. The Morgan fingerprint density at radius 3 is 1.84 bits per heavy atom. The number of rotatable bonds is 9. The van der Waals surface area contributed by atoms with Crippen molar-refractivity contribution in [2.75, 3.05) is 13.6 Å². The number of fused-ring (bicyclic) bond motifs is 2. The van der Waals surface area contributed by atoms with E-state index in [2.05, 4.69) is 59.5 Å². The monoisotopic (exact) mass is 491 g/mol. The molecule has 3 N–H and O–H groups in total. The Kier molecular flexibility index (Phi) is 7.63. The van der Waals surface area contributed by atoms with Gasteiger partial charge in [-0.3, -0.25) is 4.90 Å². The van der Waals surface area contributed by atoms with Gasteiger partial charge in [0.1, 0.15) is 0 Å². The predicted octanol–water partition coefficient (Wildman–Crippen LogP) is 5.80. The molecule has 4 nitrogen and oxygen atoms in total. The van der Waals surface area contributed by atoms with E-state index in [9.17, 15) is 15.3 Å². The van der Waals surface area contributed by atoms with E-state index in [0.29, 0.717) is 18.7 Å². The first-order valence-corrected chi connectivity index (χ1v) is 12.7. The van der Waals surface area contributed by atoms with Crippen LogP contribution in [0, 0.1) is 0 Å². The Balaban J connectivity index is 1.43. The smallest absolute Gasteiger partial charge is 0.0883 e. The van der Waals surface area contributed by atoms with Crippen molar-refractivity contribution in [2.24, 2.45) is 0 Å². The highest BCUT2D eigenvalue weighted by molar-refractivity contribution is 6.02. The van der Waals surface area contributed by atoms with Crippen molar-refractivity contribution in [1.29, 1.82) is 0 Å². The average Bonchev–Trinajstić information content (AvgIpc) is 2.93. The summed E-state index contributed by atoms with van der Waals surface area (Å²) in [5.41, 5.74) is 3.63. The zero-order chi connectivity index (χ0) is 25.8. The molecule has 0 saturated heterocycles. The van der Waals surface area contributed by atoms with Crippen LogP contribution in [0.4, 0.5) is 0 Å². The Morgan fingerprint density at radius 1 is 0.676 bits per heavy atom. The van der Waals surface area contributed by atoms with Gasteiger partial charge in [-0.05, 0) is 56.9 Å². The molecule has 0 aliphatic carbocycles. The number of aliphatic hydroxyl groups is 3. The van der Waals surface area contributed by atoms with E-state index in [-0.39, 0.29) is 6.61 Å². The van der Waals surface area contributed by atoms with E-state index in [1.54, 1.807) is 0 Å². The summed E-state index contributed by atoms with van der Waals surface area (Å²) in [4.78, 5) is 2.14. The lowest BCUT2D eigenvalue weighted by atomic mass is 9.84. The van der Waals surface area contributed by atoms with E-state index in [1.807, 2.05) is 61.6 Å². The normalized spacial score (nSPS) is 14.2. The van der Waals surface area contributed by atoms with Gasteiger partial charge in [0.05, 0.1) is 18.8 Å². The molecule has 0 aliphatic heterocycles. The van der Waals surface area contributed by atoms with Gasteiger partial charge in [-0.1, -0.05) is 103 Å². The molecule has 37 heavy (non-hydrogen) atoms. The van der Waals surface area contributed by atoms with Crippen molar-refractivity contribution in [3.8, 4) is 0 Å². The van der Waals surface area contributed by atoms with Crippen LogP contribution >= 0.6 is 0 Å². The minimum Gasteiger partial charge on any atom is -0.392 e. The zero-order valence-corrected chi connectivity index (χ0v) is 21.0. The second-order valence-corrected chi connectivity index (χ2v) is 9.84. The largest absolute Gasteiger partial charge is 0.392 e. The lowest BCUT2D eigenvalue weighted by Crippen LogP contribution is -2.35. The third kappa shape index (κ3) is 5.43. The van der Waals surface area contributed by atoms with Crippen molar-refractivity contribution >= 4 is 21.5 Å². The summed E-state index contributed by atoms with van der Waals surface area (Å²) < 4.78 is 0. The molecule has 0 radical (unpaired) electrons. The summed E-state index contributed by atoms with van der Waals surface area (Å²) in [5.74, 6) is -0.507. The van der Waals surface area contributed by atoms with Crippen LogP contribution in [-0.2, 0) is 13.2 Å². The van der Waals surface area contributed by atoms with E-state index >= 15 is 0 Å². The highest BCUT2D eigenvalue weighted by Crippen LogP contribution is 2.35. The summed E-state index contributed by atoms with van der Waals surface area (Å²) in [6.07, 6.45) is -1.70. The number of hydrogen-bond donors (Lipinski definition) is 3. The predicted molar refractivity (Wildman–Crippen MR) is 150 cm³/mol. The minimum atomic E-state index is -0.892. The van der Waals surface area contributed by atoms with Crippen molar-refractivity contribution in [3.05, 3.63) is 131 Å². The first-order valence-electron chi connectivity index (χ1n) is 12.7. The second kappa shape index (κ2) is 11.2. The zero-order valence-electron chi connectivity index (χ0n) is 21.0. The fourth-order valence-electron chi connectivity index (χ4n) is 5.36. The molecule has 0 amide bonds. The third-order valence-electron chi connectivity index (χ3n) is 7.25. The molecule has 5 aromatic rings. The van der Waals surface area contributed by atoms with Crippen LogP contribution in [0.2, 0.25) is 0 Å². The lowest BCUT2D eigenvalue weighted by molar-refractivity contribution is 0.0327. The number of nitrogens with zero attached hydrogens (tertiary/aromatic N) is 1. The fourth-order valence-corrected chi connectivity index (χ4v) is 5.36. The van der Waals surface area contributed by atoms with Crippen molar-refractivity contribution in [3.63, 3.8) is 0 Å². The molecule has 0 fully saturated rings. The molecule has 0 aliphatic rings. The Morgan fingerprint density at radius 2 is 1.24 bits per heavy atom. The fraction of sp³-hybridized carbons (Fsp3) is 0.212. The van der Waals surface area contributed by atoms with Gasteiger partial charge in [-0.25, -0.2) is 0 Å². The van der Waals surface area contributed by atoms with Crippen molar-refractivity contribution in [2.45, 2.75) is 31.3 Å². The van der Waals surface area contributed by atoms with Gasteiger partial charge < -0.3 is 15.3 Å². The van der Waals surface area contributed by atoms with Crippen LogP contribution < -0.4 is 0 Å². The maximum absolute atomic E-state index is 11.5. The van der Waals surface area contributed by atoms with Crippen LogP contribution in [0.15, 0.2) is 109 Å². The molecule has 0 saturated carbocycles. The van der Waals surface area contributed by atoms with Crippen molar-refractivity contribution < 1.29 is 15.3 Å². The van der Waals surface area contributed by atoms with Gasteiger partial charge >= 0.3 is 0 Å². The number of likely N-dealkylation sites (N-methyl/N-ethyl adjacent to an activating group) is 1. The molecule has 188 valence electrons. The summed E-state index contributed by atoms with van der Waals surface area (Å²) >= 11 is 0. The van der Waals surface area contributed by atoms with Gasteiger partial charge in [-0.2, -0.15) is 0 Å². The molecule has 3 atom stereocenters. The molecule has 0 bridgehead atoms. The molecular formula is C33H33NO3. The Hall–Kier alpha value is -3.54. The van der Waals surface area contributed by atoms with E-state index in [0.717, 1.165) is 11.1 Å². The topological polar surface area (TPSA) is 63.9 Å². The standard InChI is InChI=1S/C33H33NO3/c1-34(20-30-28-13-7-5-11-26(28)19-27-12-6-8-14-29(27)30)21-31(36)32(24-9-3-2-4-10-24)33(37)25-17-15-23(22-35)16-18-25/h2-19,31-33,35-37H,20-22H2,1H3/t31-,32-,33+/m1/s1. The van der Waals surface area contributed by atoms with E-state index in [4.69, 9.17) is 0 Å². The number of benzene rings is 5.